The summed E-state index contributed by atoms with van der Waals surface area (Å²) in [4.78, 5) is 4.91. The SMILES string of the molecule is CCc1c(CC)n2c3ccccc3nc2c2cc(OC)ccc12. The van der Waals surface area contributed by atoms with Gasteiger partial charge in [0.25, 0.3) is 0 Å². The summed E-state index contributed by atoms with van der Waals surface area (Å²) < 4.78 is 7.77. The molecular weight excluding hydrogens is 284 g/mol. The van der Waals surface area contributed by atoms with Crippen molar-refractivity contribution >= 4 is 27.5 Å². The molecule has 0 fully saturated rings. The molecule has 0 bridgehead atoms. The van der Waals surface area contributed by atoms with E-state index in [9.17, 15) is 0 Å². The Labute approximate surface area is 135 Å². The molecule has 0 unspecified atom stereocenters. The van der Waals surface area contributed by atoms with Crippen LogP contribution >= 0.6 is 0 Å². The Hall–Kier alpha value is -2.55. The minimum atomic E-state index is 0.873. The van der Waals surface area contributed by atoms with Crippen molar-refractivity contribution in [2.75, 3.05) is 7.11 Å². The van der Waals surface area contributed by atoms with Crippen LogP contribution in [0.2, 0.25) is 0 Å². The fourth-order valence-electron chi connectivity index (χ4n) is 3.63. The van der Waals surface area contributed by atoms with E-state index in [0.29, 0.717) is 0 Å². The van der Waals surface area contributed by atoms with Crippen molar-refractivity contribution in [1.82, 2.24) is 9.38 Å². The molecule has 0 saturated carbocycles. The second-order valence-electron chi connectivity index (χ2n) is 5.80. The molecule has 0 aliphatic heterocycles. The number of aromatic nitrogens is 2. The van der Waals surface area contributed by atoms with E-state index in [1.807, 2.05) is 12.1 Å². The van der Waals surface area contributed by atoms with E-state index in [1.165, 1.54) is 22.2 Å². The fraction of sp³-hybridized carbons (Fsp3) is 0.250. The first-order chi connectivity index (χ1) is 11.3. The topological polar surface area (TPSA) is 26.5 Å². The van der Waals surface area contributed by atoms with Crippen LogP contribution in [0, 0.1) is 0 Å². The molecular formula is C20H20N2O. The fourth-order valence-corrected chi connectivity index (χ4v) is 3.63. The summed E-state index contributed by atoms with van der Waals surface area (Å²) in [6, 6.07) is 14.7. The molecule has 4 aromatic rings. The summed E-state index contributed by atoms with van der Waals surface area (Å²) in [6.45, 7) is 4.45. The first-order valence-electron chi connectivity index (χ1n) is 8.17. The van der Waals surface area contributed by atoms with Gasteiger partial charge in [-0.3, -0.25) is 4.40 Å². The van der Waals surface area contributed by atoms with Crippen LogP contribution in [0.1, 0.15) is 25.1 Å². The zero-order valence-corrected chi connectivity index (χ0v) is 13.8. The number of imidazole rings is 1. The molecule has 0 amide bonds. The Morgan fingerprint density at radius 3 is 2.57 bits per heavy atom. The van der Waals surface area contributed by atoms with Crippen molar-refractivity contribution in [3.05, 3.63) is 53.7 Å². The number of hydrogen-bond donors (Lipinski definition) is 0. The maximum absolute atomic E-state index is 5.44. The van der Waals surface area contributed by atoms with Gasteiger partial charge in [-0.05, 0) is 48.1 Å². The highest BCUT2D eigenvalue weighted by Gasteiger charge is 2.16. The smallest absolute Gasteiger partial charge is 0.146 e. The molecule has 2 aromatic carbocycles. The normalized spacial score (nSPS) is 11.6. The molecule has 3 nitrogen and oxygen atoms in total. The lowest BCUT2D eigenvalue weighted by molar-refractivity contribution is 0.415. The van der Waals surface area contributed by atoms with Gasteiger partial charge in [0.2, 0.25) is 0 Å². The summed E-state index contributed by atoms with van der Waals surface area (Å²) in [7, 11) is 1.71. The predicted molar refractivity (Wildman–Crippen MR) is 95.5 cm³/mol. The Balaban J connectivity index is 2.31. The summed E-state index contributed by atoms with van der Waals surface area (Å²) in [5, 5.41) is 2.45. The number of pyridine rings is 1. The Morgan fingerprint density at radius 1 is 1.00 bits per heavy atom. The van der Waals surface area contributed by atoms with Crippen LogP contribution in [0.15, 0.2) is 42.5 Å². The van der Waals surface area contributed by atoms with Gasteiger partial charge in [-0.2, -0.15) is 0 Å². The molecule has 3 heteroatoms. The van der Waals surface area contributed by atoms with Crippen LogP contribution in [0.4, 0.5) is 0 Å². The van der Waals surface area contributed by atoms with E-state index in [4.69, 9.17) is 9.72 Å². The number of hydrogen-bond acceptors (Lipinski definition) is 2. The molecule has 0 N–H and O–H groups in total. The van der Waals surface area contributed by atoms with Crippen LogP contribution in [-0.4, -0.2) is 16.5 Å². The maximum atomic E-state index is 5.44. The quantitative estimate of drug-likeness (QED) is 0.545. The van der Waals surface area contributed by atoms with E-state index in [0.717, 1.165) is 35.1 Å². The minimum absolute atomic E-state index is 0.873. The van der Waals surface area contributed by atoms with Crippen molar-refractivity contribution in [3.63, 3.8) is 0 Å². The van der Waals surface area contributed by atoms with Crippen LogP contribution in [0.25, 0.3) is 27.5 Å². The highest BCUT2D eigenvalue weighted by molar-refractivity contribution is 6.01. The van der Waals surface area contributed by atoms with Gasteiger partial charge < -0.3 is 4.74 Å². The first-order valence-corrected chi connectivity index (χ1v) is 8.17. The molecule has 116 valence electrons. The number of aryl methyl sites for hydroxylation is 2. The van der Waals surface area contributed by atoms with Gasteiger partial charge in [0.1, 0.15) is 11.4 Å². The second-order valence-corrected chi connectivity index (χ2v) is 5.80. The molecule has 4 rings (SSSR count). The van der Waals surface area contributed by atoms with Crippen LogP contribution in [0.3, 0.4) is 0 Å². The molecule has 0 atom stereocenters. The molecule has 0 saturated heterocycles. The number of fused-ring (bicyclic) bond motifs is 5. The van der Waals surface area contributed by atoms with E-state index in [1.54, 1.807) is 7.11 Å². The highest BCUT2D eigenvalue weighted by atomic mass is 16.5. The lowest BCUT2D eigenvalue weighted by Gasteiger charge is -2.15. The molecule has 2 aromatic heterocycles. The predicted octanol–water partition coefficient (Wildman–Crippen LogP) is 4.77. The maximum Gasteiger partial charge on any atom is 0.146 e. The third kappa shape index (κ3) is 1.93. The largest absolute Gasteiger partial charge is 0.497 e. The van der Waals surface area contributed by atoms with Gasteiger partial charge in [0.15, 0.2) is 0 Å². The van der Waals surface area contributed by atoms with Crippen molar-refractivity contribution in [2.45, 2.75) is 26.7 Å². The lowest BCUT2D eigenvalue weighted by Crippen LogP contribution is -2.03. The average molecular weight is 304 g/mol. The van der Waals surface area contributed by atoms with Crippen molar-refractivity contribution in [2.24, 2.45) is 0 Å². The Morgan fingerprint density at radius 2 is 1.83 bits per heavy atom. The molecule has 23 heavy (non-hydrogen) atoms. The molecule has 2 heterocycles. The van der Waals surface area contributed by atoms with Crippen molar-refractivity contribution in [3.8, 4) is 5.75 Å². The van der Waals surface area contributed by atoms with Gasteiger partial charge in [0.05, 0.1) is 18.1 Å². The van der Waals surface area contributed by atoms with Gasteiger partial charge in [-0.1, -0.05) is 32.0 Å². The van der Waals surface area contributed by atoms with E-state index < -0.39 is 0 Å². The molecule has 0 spiro atoms. The Bertz CT molecular complexity index is 1030. The zero-order chi connectivity index (χ0) is 16.0. The number of rotatable bonds is 3. The van der Waals surface area contributed by atoms with Crippen LogP contribution in [0.5, 0.6) is 5.75 Å². The zero-order valence-electron chi connectivity index (χ0n) is 13.8. The van der Waals surface area contributed by atoms with Gasteiger partial charge in [-0.15, -0.1) is 0 Å². The van der Waals surface area contributed by atoms with Crippen molar-refractivity contribution in [1.29, 1.82) is 0 Å². The Kier molecular flexibility index (Phi) is 3.22. The number of ether oxygens (including phenoxy) is 1. The van der Waals surface area contributed by atoms with E-state index in [2.05, 4.69) is 48.6 Å². The summed E-state index contributed by atoms with van der Waals surface area (Å²) in [6.07, 6.45) is 2.00. The molecule has 0 aliphatic carbocycles. The summed E-state index contributed by atoms with van der Waals surface area (Å²) in [5.74, 6) is 0.873. The molecule has 0 aliphatic rings. The molecule has 0 radical (unpaired) electrons. The average Bonchev–Trinajstić information content (AvgIpc) is 2.99. The van der Waals surface area contributed by atoms with Gasteiger partial charge in [0, 0.05) is 11.1 Å². The highest BCUT2D eigenvalue weighted by Crippen LogP contribution is 2.33. The van der Waals surface area contributed by atoms with Gasteiger partial charge >= 0.3 is 0 Å². The van der Waals surface area contributed by atoms with Crippen LogP contribution in [-0.2, 0) is 12.8 Å². The van der Waals surface area contributed by atoms with E-state index in [-0.39, 0.29) is 0 Å². The number of para-hydroxylation sites is 2. The van der Waals surface area contributed by atoms with Crippen molar-refractivity contribution < 1.29 is 4.74 Å². The number of methoxy groups -OCH3 is 1. The lowest BCUT2D eigenvalue weighted by atomic mass is 10.00. The third-order valence-corrected chi connectivity index (χ3v) is 4.66. The first kappa shape index (κ1) is 14.1. The minimum Gasteiger partial charge on any atom is -0.497 e. The van der Waals surface area contributed by atoms with Gasteiger partial charge in [-0.25, -0.2) is 4.98 Å². The summed E-state index contributed by atoms with van der Waals surface area (Å²) in [5.41, 5.74) is 6.00. The second kappa shape index (κ2) is 5.27. The third-order valence-electron chi connectivity index (χ3n) is 4.66. The van der Waals surface area contributed by atoms with E-state index >= 15 is 0 Å². The number of nitrogens with zero attached hydrogens (tertiary/aromatic N) is 2. The monoisotopic (exact) mass is 304 g/mol. The van der Waals surface area contributed by atoms with Crippen LogP contribution < -0.4 is 4.74 Å². The summed E-state index contributed by atoms with van der Waals surface area (Å²) >= 11 is 0. The number of benzene rings is 2. The standard InChI is InChI=1S/C20H20N2O/c1-4-14-15-11-10-13(23-3)12-16(15)20-21-17-8-6-7-9-19(17)22(20)18(14)5-2/h6-12H,4-5H2,1-3H3.